The highest BCUT2D eigenvalue weighted by molar-refractivity contribution is 8.68. The maximum absolute atomic E-state index is 9.37. The molecule has 2 bridgehead atoms. The average Bonchev–Trinajstić information content (AvgIpc) is 2.42. The average molecular weight is 223 g/mol. The molecular weight excluding hydrogens is 209 g/mol. The van der Waals surface area contributed by atoms with Gasteiger partial charge in [-0.05, 0) is 42.9 Å². The fraction of sp³-hybridized carbons (Fsp3) is 1.00. The van der Waals surface area contributed by atoms with E-state index < -0.39 is 5.62 Å². The Morgan fingerprint density at radius 3 is 2.58 bits per heavy atom. The molecule has 0 saturated heterocycles. The van der Waals surface area contributed by atoms with Crippen molar-refractivity contribution in [2.24, 2.45) is 17.3 Å². The fourth-order valence-corrected chi connectivity index (χ4v) is 6.61. The second-order valence-electron chi connectivity index (χ2n) is 3.88. The molecule has 2 nitrogen and oxygen atoms in total. The third-order valence-corrected chi connectivity index (χ3v) is 6.60. The molecule has 70 valence electrons. The molecule has 0 radical (unpaired) electrons. The van der Waals surface area contributed by atoms with Crippen LogP contribution < -0.4 is 5.50 Å². The van der Waals surface area contributed by atoms with Crippen LogP contribution in [0.1, 0.15) is 25.7 Å². The lowest BCUT2D eigenvalue weighted by molar-refractivity contribution is 0.493. The SMILES string of the molecule is NP(O)(=S)SC1CC2CCC1C2. The molecule has 2 aliphatic carbocycles. The lowest BCUT2D eigenvalue weighted by Crippen LogP contribution is -2.13. The summed E-state index contributed by atoms with van der Waals surface area (Å²) in [7, 11) is 0. The number of fused-ring (bicyclic) bond motifs is 2. The van der Waals surface area contributed by atoms with Crippen LogP contribution in [0, 0.1) is 11.8 Å². The van der Waals surface area contributed by atoms with E-state index >= 15 is 0 Å². The molecule has 5 heteroatoms. The summed E-state index contributed by atoms with van der Waals surface area (Å²) < 4.78 is 0. The normalized spacial score (nSPS) is 44.7. The van der Waals surface area contributed by atoms with Gasteiger partial charge in [0.2, 0.25) is 0 Å². The standard InChI is InChI=1S/C7H14NOPS2/c8-10(9,11)12-7-4-5-1-2-6(7)3-5/h5-7H,1-4H2,(H3,8,9,11). The van der Waals surface area contributed by atoms with Crippen LogP contribution in [0.2, 0.25) is 0 Å². The molecule has 0 aromatic carbocycles. The number of nitrogens with two attached hydrogens (primary N) is 1. The highest BCUT2D eigenvalue weighted by atomic mass is 32.9. The minimum Gasteiger partial charge on any atom is -0.346 e. The Labute approximate surface area is 82.2 Å². The molecular formula is C7H14NOPS2. The van der Waals surface area contributed by atoms with E-state index in [2.05, 4.69) is 0 Å². The van der Waals surface area contributed by atoms with Gasteiger partial charge in [-0.3, -0.25) is 5.50 Å². The summed E-state index contributed by atoms with van der Waals surface area (Å²) in [5.41, 5.74) is 3.00. The lowest BCUT2D eigenvalue weighted by Gasteiger charge is -2.22. The number of hydrogen-bond donors (Lipinski definition) is 2. The molecule has 0 aromatic heterocycles. The van der Waals surface area contributed by atoms with Crippen molar-refractivity contribution in [3.8, 4) is 0 Å². The molecule has 0 amide bonds. The largest absolute Gasteiger partial charge is 0.346 e. The smallest absolute Gasteiger partial charge is 0.180 e. The Hall–Kier alpha value is 0.920. The third-order valence-electron chi connectivity index (χ3n) is 2.96. The maximum Gasteiger partial charge on any atom is 0.180 e. The first kappa shape index (κ1) is 9.47. The van der Waals surface area contributed by atoms with Crippen molar-refractivity contribution in [1.29, 1.82) is 0 Å². The summed E-state index contributed by atoms with van der Waals surface area (Å²) in [5, 5.41) is 0.574. The van der Waals surface area contributed by atoms with Crippen LogP contribution in [0.4, 0.5) is 0 Å². The van der Waals surface area contributed by atoms with Gasteiger partial charge in [0.05, 0.1) is 0 Å². The predicted octanol–water partition coefficient (Wildman–Crippen LogP) is 2.08. The van der Waals surface area contributed by atoms with Crippen molar-refractivity contribution in [3.63, 3.8) is 0 Å². The van der Waals surface area contributed by atoms with E-state index in [4.69, 9.17) is 17.3 Å². The van der Waals surface area contributed by atoms with Crippen molar-refractivity contribution in [2.75, 3.05) is 0 Å². The van der Waals surface area contributed by atoms with Crippen LogP contribution >= 0.6 is 17.0 Å². The van der Waals surface area contributed by atoms with Crippen molar-refractivity contribution in [2.45, 2.75) is 30.9 Å². The predicted molar refractivity (Wildman–Crippen MR) is 57.5 cm³/mol. The lowest BCUT2D eigenvalue weighted by atomic mass is 10.0. The van der Waals surface area contributed by atoms with Gasteiger partial charge in [0.15, 0.2) is 5.62 Å². The summed E-state index contributed by atoms with van der Waals surface area (Å²) in [4.78, 5) is 9.37. The molecule has 0 heterocycles. The van der Waals surface area contributed by atoms with Crippen LogP contribution in [-0.4, -0.2) is 10.1 Å². The summed E-state index contributed by atoms with van der Waals surface area (Å²) in [6, 6.07) is 0. The van der Waals surface area contributed by atoms with Crippen LogP contribution in [0.3, 0.4) is 0 Å². The molecule has 2 rings (SSSR count). The van der Waals surface area contributed by atoms with E-state index in [-0.39, 0.29) is 0 Å². The summed E-state index contributed by atoms with van der Waals surface area (Å²) >= 11 is 6.33. The second kappa shape index (κ2) is 3.25. The molecule has 2 fully saturated rings. The van der Waals surface area contributed by atoms with E-state index in [0.29, 0.717) is 5.25 Å². The van der Waals surface area contributed by atoms with Gasteiger partial charge in [-0.2, -0.15) is 0 Å². The van der Waals surface area contributed by atoms with Crippen molar-refractivity contribution < 1.29 is 4.89 Å². The van der Waals surface area contributed by atoms with Crippen molar-refractivity contribution in [1.82, 2.24) is 0 Å². The Bertz CT molecular complexity index is 229. The van der Waals surface area contributed by atoms with Crippen LogP contribution in [-0.2, 0) is 11.8 Å². The van der Waals surface area contributed by atoms with Gasteiger partial charge in [-0.15, -0.1) is 0 Å². The Kier molecular flexibility index (Phi) is 2.56. The minimum absolute atomic E-state index is 0.574. The molecule has 2 saturated carbocycles. The van der Waals surface area contributed by atoms with E-state index in [1.807, 2.05) is 0 Å². The van der Waals surface area contributed by atoms with Gasteiger partial charge in [-0.1, -0.05) is 17.8 Å². The van der Waals surface area contributed by atoms with Crippen molar-refractivity contribution in [3.05, 3.63) is 0 Å². The quantitative estimate of drug-likeness (QED) is 0.704. The number of hydrogen-bond acceptors (Lipinski definition) is 2. The first-order valence-corrected chi connectivity index (χ1v) is 8.65. The third kappa shape index (κ3) is 2.05. The van der Waals surface area contributed by atoms with Crippen LogP contribution in [0.25, 0.3) is 0 Å². The van der Waals surface area contributed by atoms with Crippen LogP contribution in [0.5, 0.6) is 0 Å². The van der Waals surface area contributed by atoms with Gasteiger partial charge in [-0.25, -0.2) is 0 Å². The van der Waals surface area contributed by atoms with Gasteiger partial charge in [0.25, 0.3) is 0 Å². The maximum atomic E-state index is 9.37. The van der Waals surface area contributed by atoms with E-state index in [0.717, 1.165) is 11.8 Å². The van der Waals surface area contributed by atoms with E-state index in [1.54, 1.807) is 0 Å². The van der Waals surface area contributed by atoms with Crippen LogP contribution in [0.15, 0.2) is 0 Å². The van der Waals surface area contributed by atoms with Gasteiger partial charge < -0.3 is 4.89 Å². The van der Waals surface area contributed by atoms with Crippen molar-refractivity contribution >= 4 is 28.8 Å². The molecule has 4 unspecified atom stereocenters. The molecule has 0 aliphatic heterocycles. The zero-order chi connectivity index (χ0) is 8.77. The van der Waals surface area contributed by atoms with E-state index in [1.165, 1.54) is 37.1 Å². The molecule has 0 aromatic rings. The Balaban J connectivity index is 1.95. The highest BCUT2D eigenvalue weighted by Gasteiger charge is 2.41. The summed E-state index contributed by atoms with van der Waals surface area (Å²) in [5.74, 6) is 1.71. The monoisotopic (exact) mass is 223 g/mol. The second-order valence-corrected chi connectivity index (χ2v) is 10.5. The minimum atomic E-state index is -2.49. The number of rotatable bonds is 2. The zero-order valence-corrected chi connectivity index (χ0v) is 9.38. The molecule has 0 spiro atoms. The first-order valence-electron chi connectivity index (χ1n) is 4.34. The topological polar surface area (TPSA) is 46.2 Å². The highest BCUT2D eigenvalue weighted by Crippen LogP contribution is 2.59. The Morgan fingerprint density at radius 2 is 2.17 bits per heavy atom. The molecule has 4 atom stereocenters. The fourth-order valence-electron chi connectivity index (χ4n) is 2.51. The Morgan fingerprint density at radius 1 is 1.42 bits per heavy atom. The molecule has 12 heavy (non-hydrogen) atoms. The molecule has 2 aliphatic rings. The summed E-state index contributed by atoms with van der Waals surface area (Å²) in [6.07, 6.45) is 5.32. The van der Waals surface area contributed by atoms with Gasteiger partial charge in [0.1, 0.15) is 0 Å². The van der Waals surface area contributed by atoms with Gasteiger partial charge in [0, 0.05) is 5.25 Å². The summed E-state index contributed by atoms with van der Waals surface area (Å²) in [6.45, 7) is 0. The zero-order valence-electron chi connectivity index (χ0n) is 6.85. The van der Waals surface area contributed by atoms with E-state index in [9.17, 15) is 4.89 Å². The van der Waals surface area contributed by atoms with Gasteiger partial charge >= 0.3 is 0 Å². The molecule has 3 N–H and O–H groups in total. The first-order chi connectivity index (χ1) is 5.54.